The van der Waals surface area contributed by atoms with Crippen LogP contribution in [0.5, 0.6) is 0 Å². The molecule has 0 aliphatic carbocycles. The zero-order valence-corrected chi connectivity index (χ0v) is 11.2. The molecular formula is C15H24FN. The smallest absolute Gasteiger partial charge is 0.128 e. The first-order chi connectivity index (χ1) is 8.17. The first-order valence-electron chi connectivity index (χ1n) is 6.67. The molecule has 0 spiro atoms. The molecule has 0 aliphatic rings. The molecule has 1 atom stereocenters. The average Bonchev–Trinajstić information content (AvgIpc) is 2.34. The molecule has 0 aromatic heterocycles. The van der Waals surface area contributed by atoms with Crippen LogP contribution in [0, 0.1) is 18.7 Å². The van der Waals surface area contributed by atoms with E-state index in [1.54, 1.807) is 13.0 Å². The van der Waals surface area contributed by atoms with Crippen molar-refractivity contribution in [2.24, 2.45) is 5.92 Å². The third-order valence-electron chi connectivity index (χ3n) is 3.31. The van der Waals surface area contributed by atoms with E-state index in [9.17, 15) is 4.39 Å². The van der Waals surface area contributed by atoms with Gasteiger partial charge < -0.3 is 5.32 Å². The lowest BCUT2D eigenvalue weighted by Crippen LogP contribution is -2.13. The van der Waals surface area contributed by atoms with Crippen molar-refractivity contribution in [3.63, 3.8) is 0 Å². The van der Waals surface area contributed by atoms with E-state index in [4.69, 9.17) is 0 Å². The fraction of sp³-hybridized carbons (Fsp3) is 0.600. The summed E-state index contributed by atoms with van der Waals surface area (Å²) in [6.45, 7) is 7.17. The van der Waals surface area contributed by atoms with Crippen LogP contribution < -0.4 is 5.32 Å². The van der Waals surface area contributed by atoms with Crippen molar-refractivity contribution in [3.8, 4) is 0 Å². The Balaban J connectivity index is 2.45. The SMILES string of the molecule is CCCCC(CC)CNc1ccc(C)c(F)c1. The molecule has 0 fully saturated rings. The Morgan fingerprint density at radius 3 is 2.65 bits per heavy atom. The predicted molar refractivity (Wildman–Crippen MR) is 72.9 cm³/mol. The number of anilines is 1. The standard InChI is InChI=1S/C15H24FN/c1-4-6-7-13(5-2)11-17-14-9-8-12(3)15(16)10-14/h8-10,13,17H,4-7,11H2,1-3H3. The number of nitrogens with one attached hydrogen (secondary N) is 1. The van der Waals surface area contributed by atoms with Crippen LogP contribution in [-0.2, 0) is 0 Å². The Hall–Kier alpha value is -1.05. The monoisotopic (exact) mass is 237 g/mol. The second kappa shape index (κ2) is 7.31. The molecule has 1 aromatic rings. The molecule has 1 rings (SSSR count). The van der Waals surface area contributed by atoms with Gasteiger partial charge in [-0.2, -0.15) is 0 Å². The highest BCUT2D eigenvalue weighted by atomic mass is 19.1. The number of benzene rings is 1. The predicted octanol–water partition coefficient (Wildman–Crippen LogP) is 4.76. The molecule has 0 heterocycles. The van der Waals surface area contributed by atoms with Gasteiger partial charge in [-0.3, -0.25) is 0 Å². The summed E-state index contributed by atoms with van der Waals surface area (Å²) >= 11 is 0. The molecule has 2 heteroatoms. The second-order valence-corrected chi connectivity index (χ2v) is 4.76. The third kappa shape index (κ3) is 4.76. The minimum Gasteiger partial charge on any atom is -0.385 e. The summed E-state index contributed by atoms with van der Waals surface area (Å²) in [5, 5.41) is 3.33. The Kier molecular flexibility index (Phi) is 6.03. The van der Waals surface area contributed by atoms with E-state index in [0.29, 0.717) is 11.5 Å². The van der Waals surface area contributed by atoms with E-state index < -0.39 is 0 Å². The van der Waals surface area contributed by atoms with Gasteiger partial charge in [-0.1, -0.05) is 39.2 Å². The van der Waals surface area contributed by atoms with Crippen molar-refractivity contribution in [3.05, 3.63) is 29.6 Å². The van der Waals surface area contributed by atoms with Gasteiger partial charge in [0.05, 0.1) is 0 Å². The number of unbranched alkanes of at least 4 members (excludes halogenated alkanes) is 1. The topological polar surface area (TPSA) is 12.0 Å². The number of hydrogen-bond donors (Lipinski definition) is 1. The van der Waals surface area contributed by atoms with E-state index in [2.05, 4.69) is 19.2 Å². The molecule has 1 unspecified atom stereocenters. The lowest BCUT2D eigenvalue weighted by molar-refractivity contribution is 0.472. The Morgan fingerprint density at radius 1 is 1.29 bits per heavy atom. The zero-order chi connectivity index (χ0) is 12.7. The lowest BCUT2D eigenvalue weighted by Gasteiger charge is -2.16. The van der Waals surface area contributed by atoms with Crippen LogP contribution >= 0.6 is 0 Å². The summed E-state index contributed by atoms with van der Waals surface area (Å²) in [6, 6.07) is 5.36. The van der Waals surface area contributed by atoms with Crippen LogP contribution in [0.3, 0.4) is 0 Å². The van der Waals surface area contributed by atoms with Gasteiger partial charge in [0.15, 0.2) is 0 Å². The average molecular weight is 237 g/mol. The minimum absolute atomic E-state index is 0.128. The first-order valence-corrected chi connectivity index (χ1v) is 6.67. The van der Waals surface area contributed by atoms with E-state index in [-0.39, 0.29) is 5.82 Å². The van der Waals surface area contributed by atoms with Gasteiger partial charge in [0.1, 0.15) is 5.82 Å². The lowest BCUT2D eigenvalue weighted by atomic mass is 9.99. The number of aryl methyl sites for hydroxylation is 1. The van der Waals surface area contributed by atoms with Gasteiger partial charge >= 0.3 is 0 Å². The quantitative estimate of drug-likeness (QED) is 0.720. The molecule has 0 saturated heterocycles. The molecule has 0 amide bonds. The van der Waals surface area contributed by atoms with Crippen LogP contribution in [0.1, 0.15) is 45.1 Å². The molecule has 1 aromatic carbocycles. The van der Waals surface area contributed by atoms with Gasteiger partial charge in [-0.25, -0.2) is 4.39 Å². The van der Waals surface area contributed by atoms with Crippen molar-refractivity contribution >= 4 is 5.69 Å². The Bertz CT molecular complexity index is 336. The molecule has 0 bridgehead atoms. The third-order valence-corrected chi connectivity index (χ3v) is 3.31. The molecule has 1 nitrogen and oxygen atoms in total. The van der Waals surface area contributed by atoms with E-state index in [1.807, 2.05) is 12.1 Å². The molecular weight excluding hydrogens is 213 g/mol. The van der Waals surface area contributed by atoms with Crippen LogP contribution in [0.2, 0.25) is 0 Å². The van der Waals surface area contributed by atoms with Gasteiger partial charge in [0, 0.05) is 12.2 Å². The number of hydrogen-bond acceptors (Lipinski definition) is 1. The molecule has 0 aliphatic heterocycles. The van der Waals surface area contributed by atoms with Gasteiger partial charge in [-0.15, -0.1) is 0 Å². The van der Waals surface area contributed by atoms with Crippen LogP contribution in [-0.4, -0.2) is 6.54 Å². The summed E-state index contributed by atoms with van der Waals surface area (Å²) < 4.78 is 13.3. The highest BCUT2D eigenvalue weighted by Gasteiger charge is 2.06. The van der Waals surface area contributed by atoms with E-state index in [1.165, 1.54) is 25.7 Å². The normalized spacial score (nSPS) is 12.5. The van der Waals surface area contributed by atoms with E-state index >= 15 is 0 Å². The zero-order valence-electron chi connectivity index (χ0n) is 11.2. The Morgan fingerprint density at radius 2 is 2.06 bits per heavy atom. The highest BCUT2D eigenvalue weighted by Crippen LogP contribution is 2.17. The second-order valence-electron chi connectivity index (χ2n) is 4.76. The van der Waals surface area contributed by atoms with Gasteiger partial charge in [0.2, 0.25) is 0 Å². The minimum atomic E-state index is -0.128. The number of rotatable bonds is 7. The van der Waals surface area contributed by atoms with Crippen LogP contribution in [0.15, 0.2) is 18.2 Å². The maximum Gasteiger partial charge on any atom is 0.128 e. The molecule has 0 radical (unpaired) electrons. The summed E-state index contributed by atoms with van der Waals surface area (Å²) in [5.41, 5.74) is 1.59. The van der Waals surface area contributed by atoms with Crippen LogP contribution in [0.4, 0.5) is 10.1 Å². The van der Waals surface area contributed by atoms with Crippen molar-refractivity contribution in [2.45, 2.75) is 46.5 Å². The summed E-state index contributed by atoms with van der Waals surface area (Å²) in [5.74, 6) is 0.566. The fourth-order valence-corrected chi connectivity index (χ4v) is 1.91. The van der Waals surface area contributed by atoms with Crippen molar-refractivity contribution in [1.82, 2.24) is 0 Å². The van der Waals surface area contributed by atoms with Crippen molar-refractivity contribution < 1.29 is 4.39 Å². The largest absolute Gasteiger partial charge is 0.385 e. The first kappa shape index (κ1) is 14.0. The molecule has 96 valence electrons. The van der Waals surface area contributed by atoms with Crippen LogP contribution in [0.25, 0.3) is 0 Å². The summed E-state index contributed by atoms with van der Waals surface area (Å²) in [6.07, 6.45) is 4.97. The summed E-state index contributed by atoms with van der Waals surface area (Å²) in [7, 11) is 0. The van der Waals surface area contributed by atoms with E-state index in [0.717, 1.165) is 12.2 Å². The molecule has 1 N–H and O–H groups in total. The van der Waals surface area contributed by atoms with Crippen molar-refractivity contribution in [2.75, 3.05) is 11.9 Å². The maximum absolute atomic E-state index is 13.3. The molecule has 17 heavy (non-hydrogen) atoms. The maximum atomic E-state index is 13.3. The Labute approximate surface area is 104 Å². The number of halogens is 1. The summed E-state index contributed by atoms with van der Waals surface area (Å²) in [4.78, 5) is 0. The van der Waals surface area contributed by atoms with Crippen molar-refractivity contribution in [1.29, 1.82) is 0 Å². The highest BCUT2D eigenvalue weighted by molar-refractivity contribution is 5.45. The van der Waals surface area contributed by atoms with Gasteiger partial charge in [0.25, 0.3) is 0 Å². The van der Waals surface area contributed by atoms with Gasteiger partial charge in [-0.05, 0) is 37.0 Å². The molecule has 0 saturated carbocycles. The fourth-order valence-electron chi connectivity index (χ4n) is 1.91.